The fourth-order valence-electron chi connectivity index (χ4n) is 2.78. The van der Waals surface area contributed by atoms with Gasteiger partial charge in [0.25, 0.3) is 0 Å². The maximum atomic E-state index is 5.58. The molecule has 0 saturated carbocycles. The summed E-state index contributed by atoms with van der Waals surface area (Å²) in [5, 5.41) is 3.45. The second kappa shape index (κ2) is 8.11. The SMILES string of the molecule is CCNC(=NCC(c1ccco1)N(C)C)N1CCSC(C)(C)C1. The van der Waals surface area contributed by atoms with Crippen LogP contribution in [0.3, 0.4) is 0 Å². The number of hydrogen-bond acceptors (Lipinski definition) is 4. The number of likely N-dealkylation sites (N-methyl/N-ethyl adjacent to an activating group) is 1. The van der Waals surface area contributed by atoms with Crippen LogP contribution in [0.2, 0.25) is 0 Å². The molecule has 0 radical (unpaired) electrons. The highest BCUT2D eigenvalue weighted by Crippen LogP contribution is 2.29. The largest absolute Gasteiger partial charge is 0.468 e. The van der Waals surface area contributed by atoms with Crippen LogP contribution < -0.4 is 5.32 Å². The van der Waals surface area contributed by atoms with Crippen LogP contribution in [-0.4, -0.2) is 66.5 Å². The molecule has 0 bridgehead atoms. The van der Waals surface area contributed by atoms with Crippen molar-refractivity contribution >= 4 is 17.7 Å². The summed E-state index contributed by atoms with van der Waals surface area (Å²) in [6, 6.07) is 4.12. The fourth-order valence-corrected chi connectivity index (χ4v) is 3.90. The summed E-state index contributed by atoms with van der Waals surface area (Å²) < 4.78 is 5.85. The third-order valence-corrected chi connectivity index (χ3v) is 5.27. The summed E-state index contributed by atoms with van der Waals surface area (Å²) in [4.78, 5) is 9.44. The van der Waals surface area contributed by atoms with Gasteiger partial charge in [-0.3, -0.25) is 9.89 Å². The number of thioether (sulfide) groups is 1. The van der Waals surface area contributed by atoms with Crippen LogP contribution in [0, 0.1) is 0 Å². The molecule has 1 aromatic heterocycles. The minimum Gasteiger partial charge on any atom is -0.468 e. The lowest BCUT2D eigenvalue weighted by Crippen LogP contribution is -2.51. The van der Waals surface area contributed by atoms with Crippen molar-refractivity contribution in [3.63, 3.8) is 0 Å². The van der Waals surface area contributed by atoms with Gasteiger partial charge in [-0.15, -0.1) is 0 Å². The molecule has 0 aromatic carbocycles. The Kier molecular flexibility index (Phi) is 6.41. The van der Waals surface area contributed by atoms with Crippen LogP contribution in [0.25, 0.3) is 0 Å². The molecule has 5 nitrogen and oxygen atoms in total. The maximum absolute atomic E-state index is 5.58. The summed E-state index contributed by atoms with van der Waals surface area (Å²) >= 11 is 2.04. The normalized spacial score (nSPS) is 19.9. The van der Waals surface area contributed by atoms with Gasteiger partial charge in [0.05, 0.1) is 18.8 Å². The van der Waals surface area contributed by atoms with E-state index in [9.17, 15) is 0 Å². The van der Waals surface area contributed by atoms with Gasteiger partial charge in [0.1, 0.15) is 5.76 Å². The van der Waals surface area contributed by atoms with E-state index in [-0.39, 0.29) is 10.8 Å². The quantitative estimate of drug-likeness (QED) is 0.660. The molecule has 23 heavy (non-hydrogen) atoms. The predicted molar refractivity (Wildman–Crippen MR) is 99.2 cm³/mol. The molecular formula is C17H30N4OS. The molecule has 1 aliphatic rings. The van der Waals surface area contributed by atoms with E-state index in [4.69, 9.17) is 9.41 Å². The first-order valence-corrected chi connectivity index (χ1v) is 9.28. The predicted octanol–water partition coefficient (Wildman–Crippen LogP) is 2.68. The molecule has 1 unspecified atom stereocenters. The molecule has 1 aliphatic heterocycles. The van der Waals surface area contributed by atoms with Gasteiger partial charge in [-0.05, 0) is 47.0 Å². The molecule has 2 rings (SSSR count). The molecule has 1 saturated heterocycles. The van der Waals surface area contributed by atoms with E-state index in [1.807, 2.05) is 23.9 Å². The third kappa shape index (κ3) is 5.18. The Balaban J connectivity index is 2.11. The van der Waals surface area contributed by atoms with Crippen molar-refractivity contribution in [1.29, 1.82) is 0 Å². The van der Waals surface area contributed by atoms with Crippen LogP contribution in [0.1, 0.15) is 32.6 Å². The standard InChI is InChI=1S/C17H30N4OS/c1-6-18-16(21-9-11-23-17(2,3)13-21)19-12-14(20(4)5)15-8-7-10-22-15/h7-8,10,14H,6,9,11-13H2,1-5H3,(H,18,19). The van der Waals surface area contributed by atoms with Gasteiger partial charge in [-0.25, -0.2) is 0 Å². The smallest absolute Gasteiger partial charge is 0.194 e. The van der Waals surface area contributed by atoms with E-state index < -0.39 is 0 Å². The van der Waals surface area contributed by atoms with Crippen molar-refractivity contribution < 1.29 is 4.42 Å². The van der Waals surface area contributed by atoms with Gasteiger partial charge in [-0.1, -0.05) is 0 Å². The molecule has 6 heteroatoms. The molecule has 0 amide bonds. The number of nitrogens with zero attached hydrogens (tertiary/aromatic N) is 3. The minimum absolute atomic E-state index is 0.158. The highest BCUT2D eigenvalue weighted by atomic mass is 32.2. The van der Waals surface area contributed by atoms with Gasteiger partial charge in [0.2, 0.25) is 0 Å². The molecule has 0 aliphatic carbocycles. The van der Waals surface area contributed by atoms with Crippen molar-refractivity contribution in [2.75, 3.05) is 46.0 Å². The first-order chi connectivity index (χ1) is 10.9. The van der Waals surface area contributed by atoms with Crippen LogP contribution >= 0.6 is 11.8 Å². The van der Waals surface area contributed by atoms with Crippen molar-refractivity contribution in [1.82, 2.24) is 15.1 Å². The second-order valence-electron chi connectivity index (χ2n) is 6.72. The molecule has 1 atom stereocenters. The fraction of sp³-hybridized carbons (Fsp3) is 0.706. The molecular weight excluding hydrogens is 308 g/mol. The first-order valence-electron chi connectivity index (χ1n) is 8.30. The van der Waals surface area contributed by atoms with Crippen molar-refractivity contribution in [2.45, 2.75) is 31.6 Å². The van der Waals surface area contributed by atoms with E-state index in [0.717, 1.165) is 37.1 Å². The monoisotopic (exact) mass is 338 g/mol. The zero-order valence-corrected chi connectivity index (χ0v) is 15.8. The van der Waals surface area contributed by atoms with Gasteiger partial charge < -0.3 is 14.6 Å². The first kappa shape index (κ1) is 18.2. The zero-order valence-electron chi connectivity index (χ0n) is 15.0. The number of nitrogens with one attached hydrogen (secondary N) is 1. The van der Waals surface area contributed by atoms with Crippen molar-refractivity contribution in [3.8, 4) is 0 Å². The van der Waals surface area contributed by atoms with Crippen LogP contribution in [0.4, 0.5) is 0 Å². The number of rotatable bonds is 5. The van der Waals surface area contributed by atoms with Crippen molar-refractivity contribution in [3.05, 3.63) is 24.2 Å². The summed E-state index contributed by atoms with van der Waals surface area (Å²) in [6.07, 6.45) is 1.73. The number of hydrogen-bond donors (Lipinski definition) is 1. The van der Waals surface area contributed by atoms with Gasteiger partial charge in [0.15, 0.2) is 5.96 Å². The minimum atomic E-state index is 0.158. The lowest BCUT2D eigenvalue weighted by atomic mass is 10.2. The van der Waals surface area contributed by atoms with Crippen molar-refractivity contribution in [2.24, 2.45) is 4.99 Å². The molecule has 1 fully saturated rings. The lowest BCUT2D eigenvalue weighted by Gasteiger charge is -2.39. The molecule has 0 spiro atoms. The lowest BCUT2D eigenvalue weighted by molar-refractivity contribution is 0.263. The summed E-state index contributed by atoms with van der Waals surface area (Å²) in [7, 11) is 4.13. The summed E-state index contributed by atoms with van der Waals surface area (Å²) in [6.45, 7) is 10.4. The molecule has 1 aromatic rings. The zero-order chi connectivity index (χ0) is 16.9. The Bertz CT molecular complexity index is 499. The Morgan fingerprint density at radius 2 is 2.30 bits per heavy atom. The van der Waals surface area contributed by atoms with Gasteiger partial charge >= 0.3 is 0 Å². The highest BCUT2D eigenvalue weighted by Gasteiger charge is 2.29. The average molecular weight is 339 g/mol. The van der Waals surface area contributed by atoms with E-state index in [0.29, 0.717) is 6.54 Å². The van der Waals surface area contributed by atoms with E-state index in [2.05, 4.69) is 50.0 Å². The Labute approximate surface area is 144 Å². The highest BCUT2D eigenvalue weighted by molar-refractivity contribution is 8.00. The van der Waals surface area contributed by atoms with Gasteiger partial charge in [0, 0.05) is 30.1 Å². The van der Waals surface area contributed by atoms with Crippen LogP contribution in [-0.2, 0) is 0 Å². The summed E-state index contributed by atoms with van der Waals surface area (Å²) in [5.74, 6) is 3.12. The molecule has 130 valence electrons. The number of aliphatic imine (C=N–C) groups is 1. The van der Waals surface area contributed by atoms with E-state index in [1.165, 1.54) is 0 Å². The topological polar surface area (TPSA) is 44.0 Å². The number of furan rings is 1. The molecule has 1 N–H and O–H groups in total. The Morgan fingerprint density at radius 3 is 2.87 bits per heavy atom. The number of guanidine groups is 1. The third-order valence-electron chi connectivity index (χ3n) is 3.97. The van der Waals surface area contributed by atoms with Crippen LogP contribution in [0.5, 0.6) is 0 Å². The maximum Gasteiger partial charge on any atom is 0.194 e. The summed E-state index contributed by atoms with van der Waals surface area (Å²) in [5.41, 5.74) is 0. The van der Waals surface area contributed by atoms with E-state index in [1.54, 1.807) is 6.26 Å². The molecule has 2 heterocycles. The second-order valence-corrected chi connectivity index (χ2v) is 8.52. The van der Waals surface area contributed by atoms with Gasteiger partial charge in [-0.2, -0.15) is 11.8 Å². The Hall–Kier alpha value is -1.14. The Morgan fingerprint density at radius 1 is 1.52 bits per heavy atom. The van der Waals surface area contributed by atoms with Crippen LogP contribution in [0.15, 0.2) is 27.8 Å². The average Bonchev–Trinajstić information content (AvgIpc) is 2.99. The van der Waals surface area contributed by atoms with E-state index >= 15 is 0 Å².